The number of amides is 2. The zero-order chi connectivity index (χ0) is 22.0. The van der Waals surface area contributed by atoms with Crippen LogP contribution in [0.25, 0.3) is 0 Å². The lowest BCUT2D eigenvalue weighted by Crippen LogP contribution is -2.48. The second-order valence-electron chi connectivity index (χ2n) is 9.00. The Hall–Kier alpha value is -1.99. The van der Waals surface area contributed by atoms with E-state index in [-0.39, 0.29) is 17.9 Å². The number of rotatable bonds is 7. The van der Waals surface area contributed by atoms with Crippen molar-refractivity contribution >= 4 is 18.0 Å². The minimum absolute atomic E-state index is 0.107. The first-order chi connectivity index (χ1) is 13.6. The average Bonchev–Trinajstić information content (AvgIpc) is 2.62. The Morgan fingerprint density at radius 1 is 1.21 bits per heavy atom. The van der Waals surface area contributed by atoms with E-state index < -0.39 is 11.7 Å². The van der Waals surface area contributed by atoms with Crippen LogP contribution in [-0.4, -0.2) is 67.7 Å². The smallest absolute Gasteiger partial charge is 0.407 e. The highest BCUT2D eigenvalue weighted by Crippen LogP contribution is 2.20. The third-order valence-electron chi connectivity index (χ3n) is 4.95. The van der Waals surface area contributed by atoms with Gasteiger partial charge in [0, 0.05) is 33.1 Å². The van der Waals surface area contributed by atoms with E-state index in [9.17, 15) is 9.59 Å². The van der Waals surface area contributed by atoms with Crippen LogP contribution in [0.15, 0.2) is 4.99 Å². The molecule has 0 aliphatic carbocycles. The van der Waals surface area contributed by atoms with Gasteiger partial charge < -0.3 is 25.6 Å². The second-order valence-corrected chi connectivity index (χ2v) is 9.00. The molecule has 1 saturated heterocycles. The highest BCUT2D eigenvalue weighted by molar-refractivity contribution is 5.80. The number of likely N-dealkylation sites (tertiary alicyclic amines) is 1. The molecule has 1 heterocycles. The van der Waals surface area contributed by atoms with Gasteiger partial charge in [-0.15, -0.1) is 0 Å². The van der Waals surface area contributed by atoms with Gasteiger partial charge in [0.15, 0.2) is 5.96 Å². The Bertz CT molecular complexity index is 549. The average molecular weight is 412 g/mol. The van der Waals surface area contributed by atoms with Crippen LogP contribution in [0.2, 0.25) is 0 Å². The van der Waals surface area contributed by atoms with Gasteiger partial charge in [0.2, 0.25) is 5.91 Å². The number of guanidine groups is 1. The molecule has 0 bridgehead atoms. The number of nitrogens with one attached hydrogen (secondary N) is 3. The Morgan fingerprint density at radius 3 is 2.31 bits per heavy atom. The van der Waals surface area contributed by atoms with E-state index in [1.165, 1.54) is 0 Å². The zero-order valence-electron chi connectivity index (χ0n) is 19.3. The largest absolute Gasteiger partial charge is 0.444 e. The van der Waals surface area contributed by atoms with Gasteiger partial charge in [0.05, 0.1) is 12.6 Å². The summed E-state index contributed by atoms with van der Waals surface area (Å²) in [6.07, 6.45) is 2.13. The van der Waals surface area contributed by atoms with Crippen molar-refractivity contribution in [1.82, 2.24) is 20.9 Å². The Kier molecular flexibility index (Phi) is 10.3. The maximum absolute atomic E-state index is 12.2. The minimum atomic E-state index is -0.525. The molecule has 29 heavy (non-hydrogen) atoms. The van der Waals surface area contributed by atoms with Gasteiger partial charge in [-0.05, 0) is 52.4 Å². The molecular weight excluding hydrogens is 370 g/mol. The van der Waals surface area contributed by atoms with Crippen molar-refractivity contribution in [1.29, 1.82) is 0 Å². The van der Waals surface area contributed by atoms with Gasteiger partial charge in [0.25, 0.3) is 0 Å². The van der Waals surface area contributed by atoms with E-state index in [0.717, 1.165) is 38.4 Å². The predicted octanol–water partition coefficient (Wildman–Crippen LogP) is 2.35. The molecule has 3 N–H and O–H groups in total. The molecule has 0 aromatic heterocycles. The van der Waals surface area contributed by atoms with Gasteiger partial charge in [0.1, 0.15) is 5.60 Å². The van der Waals surface area contributed by atoms with Gasteiger partial charge in [-0.2, -0.15) is 0 Å². The molecule has 1 fully saturated rings. The lowest BCUT2D eigenvalue weighted by atomic mass is 9.93. The molecule has 0 aromatic carbocycles. The number of hydrogen-bond donors (Lipinski definition) is 3. The van der Waals surface area contributed by atoms with E-state index in [1.807, 2.05) is 27.7 Å². The predicted molar refractivity (Wildman–Crippen MR) is 117 cm³/mol. The Morgan fingerprint density at radius 2 is 1.83 bits per heavy atom. The molecule has 2 amide bonds. The summed E-state index contributed by atoms with van der Waals surface area (Å²) in [6, 6.07) is -0.107. The van der Waals surface area contributed by atoms with Crippen LogP contribution in [0, 0.1) is 11.8 Å². The summed E-state index contributed by atoms with van der Waals surface area (Å²) >= 11 is 0. The van der Waals surface area contributed by atoms with Crippen LogP contribution in [0.4, 0.5) is 4.79 Å². The Labute approximate surface area is 176 Å². The molecule has 0 radical (unpaired) electrons. The summed E-state index contributed by atoms with van der Waals surface area (Å²) in [4.78, 5) is 30.8. The molecule has 1 aliphatic heterocycles. The minimum Gasteiger partial charge on any atom is -0.444 e. The van der Waals surface area contributed by atoms with Crippen LogP contribution < -0.4 is 16.0 Å². The summed E-state index contributed by atoms with van der Waals surface area (Å²) in [7, 11) is 1.68. The number of nitrogens with zero attached hydrogens (tertiary/aromatic N) is 2. The second kappa shape index (κ2) is 11.9. The van der Waals surface area contributed by atoms with Gasteiger partial charge in [-0.3, -0.25) is 9.79 Å². The van der Waals surface area contributed by atoms with Crippen molar-refractivity contribution in [2.24, 2.45) is 16.8 Å². The number of carbonyl (C=O) groups is 2. The van der Waals surface area contributed by atoms with E-state index >= 15 is 0 Å². The van der Waals surface area contributed by atoms with E-state index in [0.29, 0.717) is 18.9 Å². The molecule has 1 unspecified atom stereocenters. The van der Waals surface area contributed by atoms with Gasteiger partial charge in [-0.25, -0.2) is 4.79 Å². The standard InChI is InChI=1S/C21H41N5O3/c1-8-23-19(26-11-9-16(10-12-26)13-18(27)22-7)24-14-17(15(2)3)25-20(28)29-21(4,5)6/h15-17H,8-14H2,1-7H3,(H,22,27)(H,23,24)(H,25,28). The van der Waals surface area contributed by atoms with Crippen LogP contribution in [0.5, 0.6) is 0 Å². The molecule has 1 rings (SSSR count). The van der Waals surface area contributed by atoms with Crippen molar-refractivity contribution in [2.45, 2.75) is 72.4 Å². The summed E-state index contributed by atoms with van der Waals surface area (Å²) in [5, 5.41) is 9.01. The van der Waals surface area contributed by atoms with E-state index in [2.05, 4.69) is 34.7 Å². The maximum atomic E-state index is 12.2. The third kappa shape index (κ3) is 9.85. The molecule has 0 spiro atoms. The topological polar surface area (TPSA) is 95.1 Å². The monoisotopic (exact) mass is 411 g/mol. The van der Waals surface area contributed by atoms with Gasteiger partial charge in [-0.1, -0.05) is 13.8 Å². The van der Waals surface area contributed by atoms with Crippen LogP contribution in [0.1, 0.15) is 60.8 Å². The van der Waals surface area contributed by atoms with Crippen molar-refractivity contribution in [3.8, 4) is 0 Å². The van der Waals surface area contributed by atoms with Crippen LogP contribution in [0.3, 0.4) is 0 Å². The quantitative estimate of drug-likeness (QED) is 0.442. The fourth-order valence-corrected chi connectivity index (χ4v) is 3.21. The van der Waals surface area contributed by atoms with E-state index in [4.69, 9.17) is 9.73 Å². The van der Waals surface area contributed by atoms with Crippen molar-refractivity contribution in [2.75, 3.05) is 33.2 Å². The fourth-order valence-electron chi connectivity index (χ4n) is 3.21. The zero-order valence-corrected chi connectivity index (χ0v) is 19.3. The van der Waals surface area contributed by atoms with Crippen molar-refractivity contribution < 1.29 is 14.3 Å². The van der Waals surface area contributed by atoms with Crippen molar-refractivity contribution in [3.63, 3.8) is 0 Å². The summed E-state index contributed by atoms with van der Waals surface area (Å²) in [5.74, 6) is 1.62. The normalized spacial score (nSPS) is 17.1. The molecule has 0 aromatic rings. The molecule has 8 nitrogen and oxygen atoms in total. The Balaban J connectivity index is 2.69. The lowest BCUT2D eigenvalue weighted by molar-refractivity contribution is -0.121. The molecule has 168 valence electrons. The molecule has 1 aliphatic rings. The number of alkyl carbamates (subject to hydrolysis) is 1. The SMILES string of the molecule is CCNC(=NCC(NC(=O)OC(C)(C)C)C(C)C)N1CCC(CC(=O)NC)CC1. The third-order valence-corrected chi connectivity index (χ3v) is 4.95. The highest BCUT2D eigenvalue weighted by atomic mass is 16.6. The number of aliphatic imine (C=N–C) groups is 1. The summed E-state index contributed by atoms with van der Waals surface area (Å²) in [6.45, 7) is 14.7. The molecule has 0 saturated carbocycles. The van der Waals surface area contributed by atoms with Crippen LogP contribution >= 0.6 is 0 Å². The fraction of sp³-hybridized carbons (Fsp3) is 0.857. The first kappa shape index (κ1) is 25.0. The van der Waals surface area contributed by atoms with Crippen molar-refractivity contribution in [3.05, 3.63) is 0 Å². The van der Waals surface area contributed by atoms with Gasteiger partial charge >= 0.3 is 6.09 Å². The first-order valence-corrected chi connectivity index (χ1v) is 10.8. The highest BCUT2D eigenvalue weighted by Gasteiger charge is 2.25. The molecular formula is C21H41N5O3. The summed E-state index contributed by atoms with van der Waals surface area (Å²) in [5.41, 5.74) is -0.525. The number of ether oxygens (including phenoxy) is 1. The van der Waals surface area contributed by atoms with E-state index in [1.54, 1.807) is 7.05 Å². The number of hydrogen-bond acceptors (Lipinski definition) is 4. The lowest BCUT2D eigenvalue weighted by Gasteiger charge is -2.34. The first-order valence-electron chi connectivity index (χ1n) is 10.8. The summed E-state index contributed by atoms with van der Waals surface area (Å²) < 4.78 is 5.38. The molecule has 8 heteroatoms. The van der Waals surface area contributed by atoms with Crippen LogP contribution in [-0.2, 0) is 9.53 Å². The molecule has 1 atom stereocenters. The number of piperidine rings is 1. The maximum Gasteiger partial charge on any atom is 0.407 e. The number of carbonyl (C=O) groups excluding carboxylic acids is 2.